The molecule has 94 valence electrons. The first-order valence-electron chi connectivity index (χ1n) is 5.96. The van der Waals surface area contributed by atoms with Gasteiger partial charge in [-0.1, -0.05) is 15.9 Å². The maximum atomic E-state index is 13.1. The number of hydrogen-bond donors (Lipinski definition) is 1. The van der Waals surface area contributed by atoms with E-state index in [9.17, 15) is 4.39 Å². The molecule has 2 nitrogen and oxygen atoms in total. The van der Waals surface area contributed by atoms with Crippen molar-refractivity contribution in [3.05, 3.63) is 34.1 Å². The second kappa shape index (κ2) is 5.94. The highest BCUT2D eigenvalue weighted by Gasteiger charge is 2.19. The van der Waals surface area contributed by atoms with Gasteiger partial charge in [-0.25, -0.2) is 4.39 Å². The molecule has 2 N–H and O–H groups in total. The molecule has 0 saturated heterocycles. The topological polar surface area (TPSA) is 35.2 Å². The molecule has 17 heavy (non-hydrogen) atoms. The van der Waals surface area contributed by atoms with Crippen LogP contribution in [0.1, 0.15) is 31.2 Å². The van der Waals surface area contributed by atoms with Crippen LogP contribution in [0.15, 0.2) is 22.7 Å². The molecule has 0 radical (unpaired) electrons. The number of rotatable bonds is 3. The number of benzene rings is 1. The molecular formula is C13H17BrFNO. The van der Waals surface area contributed by atoms with Crippen molar-refractivity contribution >= 4 is 15.9 Å². The van der Waals surface area contributed by atoms with E-state index in [4.69, 9.17) is 10.5 Å². The van der Waals surface area contributed by atoms with Crippen molar-refractivity contribution in [3.8, 4) is 0 Å². The van der Waals surface area contributed by atoms with Crippen molar-refractivity contribution in [3.63, 3.8) is 0 Å². The highest BCUT2D eigenvalue weighted by molar-refractivity contribution is 9.10. The molecule has 0 heterocycles. The van der Waals surface area contributed by atoms with Gasteiger partial charge in [0.15, 0.2) is 0 Å². The second-order valence-corrected chi connectivity index (χ2v) is 5.45. The van der Waals surface area contributed by atoms with Gasteiger partial charge in [-0.05, 0) is 49.4 Å². The Morgan fingerprint density at radius 1 is 1.41 bits per heavy atom. The van der Waals surface area contributed by atoms with Gasteiger partial charge < -0.3 is 10.5 Å². The normalized spacial score (nSPS) is 24.9. The Morgan fingerprint density at radius 2 is 2.24 bits per heavy atom. The van der Waals surface area contributed by atoms with Gasteiger partial charge >= 0.3 is 0 Å². The smallest absolute Gasteiger partial charge is 0.123 e. The molecule has 1 aliphatic carbocycles. The minimum Gasteiger partial charge on any atom is -0.373 e. The van der Waals surface area contributed by atoms with Crippen LogP contribution >= 0.6 is 15.9 Å². The third-order valence-electron chi connectivity index (χ3n) is 3.15. The molecule has 0 aliphatic heterocycles. The van der Waals surface area contributed by atoms with Crippen molar-refractivity contribution < 1.29 is 9.13 Å². The molecule has 1 fully saturated rings. The van der Waals surface area contributed by atoms with Crippen LogP contribution in [-0.4, -0.2) is 12.1 Å². The summed E-state index contributed by atoms with van der Waals surface area (Å²) >= 11 is 3.40. The Bertz CT molecular complexity index is 386. The standard InChI is InChI=1S/C13H17BrFNO/c14-13-5-4-10(15)6-9(13)8-17-12-3-1-2-11(16)7-12/h4-6,11-12H,1-3,7-8,16H2. The van der Waals surface area contributed by atoms with Crippen LogP contribution in [0.2, 0.25) is 0 Å². The molecule has 1 aliphatic rings. The van der Waals surface area contributed by atoms with Gasteiger partial charge in [-0.3, -0.25) is 0 Å². The second-order valence-electron chi connectivity index (χ2n) is 4.60. The first kappa shape index (κ1) is 13.0. The lowest BCUT2D eigenvalue weighted by Gasteiger charge is -2.26. The van der Waals surface area contributed by atoms with E-state index in [1.807, 2.05) is 0 Å². The molecule has 1 saturated carbocycles. The Morgan fingerprint density at radius 3 is 3.00 bits per heavy atom. The van der Waals surface area contributed by atoms with E-state index in [2.05, 4.69) is 15.9 Å². The highest BCUT2D eigenvalue weighted by atomic mass is 79.9. The van der Waals surface area contributed by atoms with Crippen LogP contribution in [0.3, 0.4) is 0 Å². The zero-order chi connectivity index (χ0) is 12.3. The van der Waals surface area contributed by atoms with Crippen molar-refractivity contribution in [2.75, 3.05) is 0 Å². The number of nitrogens with two attached hydrogens (primary N) is 1. The van der Waals surface area contributed by atoms with Gasteiger partial charge in [0.25, 0.3) is 0 Å². The maximum Gasteiger partial charge on any atom is 0.123 e. The van der Waals surface area contributed by atoms with E-state index >= 15 is 0 Å². The Kier molecular flexibility index (Phi) is 4.54. The Labute approximate surface area is 109 Å². The SMILES string of the molecule is NC1CCCC(OCc2cc(F)ccc2Br)C1. The number of hydrogen-bond acceptors (Lipinski definition) is 2. The van der Waals surface area contributed by atoms with Gasteiger partial charge in [0, 0.05) is 10.5 Å². The fourth-order valence-corrected chi connectivity index (χ4v) is 2.56. The summed E-state index contributed by atoms with van der Waals surface area (Å²) in [6, 6.07) is 4.90. The number of halogens is 2. The molecular weight excluding hydrogens is 285 g/mol. The summed E-state index contributed by atoms with van der Waals surface area (Å²) in [5.41, 5.74) is 6.75. The van der Waals surface area contributed by atoms with E-state index in [0.29, 0.717) is 6.61 Å². The summed E-state index contributed by atoms with van der Waals surface area (Å²) in [7, 11) is 0. The summed E-state index contributed by atoms with van der Waals surface area (Å²) in [6.07, 6.45) is 4.39. The Hall–Kier alpha value is -0.450. The van der Waals surface area contributed by atoms with Crippen LogP contribution < -0.4 is 5.73 Å². The van der Waals surface area contributed by atoms with Crippen LogP contribution in [0.4, 0.5) is 4.39 Å². The van der Waals surface area contributed by atoms with Crippen LogP contribution in [0.25, 0.3) is 0 Å². The molecule has 1 aromatic carbocycles. The molecule has 0 amide bonds. The van der Waals surface area contributed by atoms with Crippen molar-refractivity contribution in [2.24, 2.45) is 5.73 Å². The molecule has 2 rings (SSSR count). The summed E-state index contributed by atoms with van der Waals surface area (Å²) in [4.78, 5) is 0. The van der Waals surface area contributed by atoms with E-state index < -0.39 is 0 Å². The van der Waals surface area contributed by atoms with E-state index in [1.54, 1.807) is 6.07 Å². The average molecular weight is 302 g/mol. The lowest BCUT2D eigenvalue weighted by Crippen LogP contribution is -2.32. The van der Waals surface area contributed by atoms with Crippen LogP contribution in [0.5, 0.6) is 0 Å². The van der Waals surface area contributed by atoms with Crippen molar-refractivity contribution in [1.29, 1.82) is 0 Å². The predicted molar refractivity (Wildman–Crippen MR) is 69.1 cm³/mol. The summed E-state index contributed by atoms with van der Waals surface area (Å²) in [5.74, 6) is -0.229. The largest absolute Gasteiger partial charge is 0.373 e. The molecule has 4 heteroatoms. The fraction of sp³-hybridized carbons (Fsp3) is 0.538. The molecule has 2 unspecified atom stereocenters. The summed E-state index contributed by atoms with van der Waals surface area (Å²) in [6.45, 7) is 0.440. The molecule has 0 spiro atoms. The van der Waals surface area contributed by atoms with E-state index in [1.165, 1.54) is 12.1 Å². The average Bonchev–Trinajstić information content (AvgIpc) is 2.30. The van der Waals surface area contributed by atoms with Crippen molar-refractivity contribution in [2.45, 2.75) is 44.4 Å². The van der Waals surface area contributed by atoms with Gasteiger partial charge in [0.05, 0.1) is 12.7 Å². The maximum absolute atomic E-state index is 13.1. The van der Waals surface area contributed by atoms with E-state index in [0.717, 1.165) is 35.7 Å². The zero-order valence-electron chi connectivity index (χ0n) is 9.66. The van der Waals surface area contributed by atoms with Crippen molar-refractivity contribution in [1.82, 2.24) is 0 Å². The molecule has 1 aromatic rings. The first-order valence-corrected chi connectivity index (χ1v) is 6.75. The lowest BCUT2D eigenvalue weighted by atomic mass is 9.93. The highest BCUT2D eigenvalue weighted by Crippen LogP contribution is 2.23. The predicted octanol–water partition coefficient (Wildman–Crippen LogP) is 3.37. The Balaban J connectivity index is 1.90. The summed E-state index contributed by atoms with van der Waals surface area (Å²) < 4.78 is 19.8. The molecule has 0 bridgehead atoms. The summed E-state index contributed by atoms with van der Waals surface area (Å²) in [5, 5.41) is 0. The van der Waals surface area contributed by atoms with Gasteiger partial charge in [-0.2, -0.15) is 0 Å². The van der Waals surface area contributed by atoms with E-state index in [-0.39, 0.29) is 18.0 Å². The minimum atomic E-state index is -0.229. The zero-order valence-corrected chi connectivity index (χ0v) is 11.2. The quantitative estimate of drug-likeness (QED) is 0.929. The fourth-order valence-electron chi connectivity index (χ4n) is 2.19. The van der Waals surface area contributed by atoms with Gasteiger partial charge in [-0.15, -0.1) is 0 Å². The number of ether oxygens (including phenoxy) is 1. The molecule has 0 aromatic heterocycles. The minimum absolute atomic E-state index is 0.217. The van der Waals surface area contributed by atoms with Crippen LogP contribution in [-0.2, 0) is 11.3 Å². The third-order valence-corrected chi connectivity index (χ3v) is 3.92. The van der Waals surface area contributed by atoms with Crippen LogP contribution in [0, 0.1) is 5.82 Å². The monoisotopic (exact) mass is 301 g/mol. The first-order chi connectivity index (χ1) is 8.15. The van der Waals surface area contributed by atoms with Gasteiger partial charge in [0.2, 0.25) is 0 Å². The molecule has 2 atom stereocenters. The third kappa shape index (κ3) is 3.76. The van der Waals surface area contributed by atoms with Gasteiger partial charge in [0.1, 0.15) is 5.82 Å². The lowest BCUT2D eigenvalue weighted by molar-refractivity contribution is 0.0119.